The predicted octanol–water partition coefficient (Wildman–Crippen LogP) is 7.38. The Morgan fingerprint density at radius 2 is 1.88 bits per heavy atom. The van der Waals surface area contributed by atoms with Crippen LogP contribution in [0.15, 0.2) is 83.3 Å². The number of nitrogens with two attached hydrogens (primary N) is 1. The number of ether oxygens (including phenoxy) is 1. The molecular weight excluding hydrogens is 552 g/mol. The van der Waals surface area contributed by atoms with Gasteiger partial charge in [0, 0.05) is 29.8 Å². The molecule has 0 saturated heterocycles. The molecule has 1 atom stereocenters. The Labute approximate surface area is 249 Å². The zero-order chi connectivity index (χ0) is 30.3. The lowest BCUT2D eigenvalue weighted by Gasteiger charge is -2.44. The molecule has 1 aliphatic heterocycles. The van der Waals surface area contributed by atoms with Crippen LogP contribution in [0.3, 0.4) is 0 Å². The fourth-order valence-electron chi connectivity index (χ4n) is 5.99. The number of nitro groups is 1. The average Bonchev–Trinajstić information content (AvgIpc) is 2.93. The minimum absolute atomic E-state index is 0.0725. The van der Waals surface area contributed by atoms with Crippen LogP contribution < -0.4 is 15.4 Å². The summed E-state index contributed by atoms with van der Waals surface area (Å²) < 4.78 is 6.06. The molecule has 0 spiro atoms. The van der Waals surface area contributed by atoms with Crippen molar-refractivity contribution in [3.8, 4) is 11.8 Å². The molecule has 1 heterocycles. The molecule has 9 heteroatoms. The number of anilines is 1. The maximum absolute atomic E-state index is 14.0. The van der Waals surface area contributed by atoms with Gasteiger partial charge in [-0.1, -0.05) is 61.3 Å². The number of para-hydroxylation sites is 1. The lowest BCUT2D eigenvalue weighted by atomic mass is 9.68. The zero-order valence-corrected chi connectivity index (χ0v) is 24.7. The van der Waals surface area contributed by atoms with Crippen LogP contribution in [-0.4, -0.2) is 10.7 Å². The van der Waals surface area contributed by atoms with Gasteiger partial charge in [-0.05, 0) is 60.6 Å². The quantitative estimate of drug-likeness (QED) is 0.237. The molecule has 0 saturated carbocycles. The van der Waals surface area contributed by atoms with E-state index < -0.39 is 10.8 Å². The summed E-state index contributed by atoms with van der Waals surface area (Å²) in [5, 5.41) is 22.6. The lowest BCUT2D eigenvalue weighted by molar-refractivity contribution is -0.384. The topological polar surface area (TPSA) is 122 Å². The van der Waals surface area contributed by atoms with Gasteiger partial charge < -0.3 is 10.5 Å². The number of hydrogen-bond donors (Lipinski definition) is 1. The summed E-state index contributed by atoms with van der Waals surface area (Å²) in [5.41, 5.74) is 11.6. The summed E-state index contributed by atoms with van der Waals surface area (Å²) in [6.07, 6.45) is 0.803. The smallest absolute Gasteiger partial charge is 0.271 e. The summed E-state index contributed by atoms with van der Waals surface area (Å²) in [7, 11) is 0. The number of rotatable bonds is 6. The van der Waals surface area contributed by atoms with E-state index in [0.717, 1.165) is 22.3 Å². The minimum Gasteiger partial charge on any atom is -0.487 e. The number of carbonyl (C=O) groups excluding carboxylic acids is 1. The number of nitrogens with zero attached hydrogens (tertiary/aromatic N) is 3. The molecule has 0 radical (unpaired) electrons. The Morgan fingerprint density at radius 1 is 1.14 bits per heavy atom. The molecule has 8 nitrogen and oxygen atoms in total. The minimum atomic E-state index is -0.692. The van der Waals surface area contributed by atoms with Crippen LogP contribution in [-0.2, 0) is 11.4 Å². The zero-order valence-electron chi connectivity index (χ0n) is 23.9. The van der Waals surface area contributed by atoms with Crippen molar-refractivity contribution < 1.29 is 14.5 Å². The predicted molar refractivity (Wildman–Crippen MR) is 162 cm³/mol. The number of hydrogen-bond acceptors (Lipinski definition) is 7. The van der Waals surface area contributed by atoms with E-state index in [0.29, 0.717) is 40.6 Å². The maximum atomic E-state index is 14.0. The van der Waals surface area contributed by atoms with Crippen LogP contribution in [0.2, 0.25) is 5.02 Å². The van der Waals surface area contributed by atoms with Crippen molar-refractivity contribution in [2.75, 3.05) is 4.90 Å². The van der Waals surface area contributed by atoms with E-state index in [2.05, 4.69) is 6.07 Å². The molecule has 2 N–H and O–H groups in total. The van der Waals surface area contributed by atoms with Crippen molar-refractivity contribution in [3.05, 3.63) is 121 Å². The fourth-order valence-corrected chi connectivity index (χ4v) is 6.18. The van der Waals surface area contributed by atoms with Crippen molar-refractivity contribution in [2.45, 2.75) is 53.1 Å². The van der Waals surface area contributed by atoms with Crippen LogP contribution in [0.4, 0.5) is 11.4 Å². The van der Waals surface area contributed by atoms with Crippen molar-refractivity contribution >= 4 is 28.8 Å². The molecule has 3 aromatic carbocycles. The summed E-state index contributed by atoms with van der Waals surface area (Å²) in [6, 6.07) is 19.6. The van der Waals surface area contributed by atoms with Crippen molar-refractivity contribution in [1.29, 1.82) is 5.26 Å². The van der Waals surface area contributed by atoms with Crippen LogP contribution >= 0.6 is 11.6 Å². The molecule has 2 aliphatic rings. The first-order valence-corrected chi connectivity index (χ1v) is 14.0. The van der Waals surface area contributed by atoms with Crippen molar-refractivity contribution in [3.63, 3.8) is 0 Å². The third-order valence-corrected chi connectivity index (χ3v) is 8.22. The molecule has 0 amide bonds. The largest absolute Gasteiger partial charge is 0.487 e. The number of non-ortho nitro benzene ring substituents is 1. The molecule has 1 unspecified atom stereocenters. The van der Waals surface area contributed by atoms with Gasteiger partial charge in [-0.15, -0.1) is 0 Å². The SMILES string of the molecule is Cc1cc(COc2ccccc2Cl)c(C)c(C2C(C#N)=C(N)N(c3cccc([N+](=O)[O-])c3)C3=C2C(=O)CC(C)(C)C3)c1. The number of allylic oxidation sites excluding steroid dienone is 3. The highest BCUT2D eigenvalue weighted by molar-refractivity contribution is 6.32. The van der Waals surface area contributed by atoms with Gasteiger partial charge in [-0.25, -0.2) is 0 Å². The Hall–Kier alpha value is -4.61. The number of benzene rings is 3. The molecule has 0 fully saturated rings. The number of Topliss-reactive ketones (excluding diaryl/α,β-unsaturated/α-hetero) is 1. The maximum Gasteiger partial charge on any atom is 0.271 e. The molecule has 1 aliphatic carbocycles. The number of ketones is 1. The fraction of sp³-hybridized carbons (Fsp3) is 0.273. The summed E-state index contributed by atoms with van der Waals surface area (Å²) in [4.78, 5) is 26.7. The van der Waals surface area contributed by atoms with Crippen LogP contribution in [0.25, 0.3) is 0 Å². The Kier molecular flexibility index (Phi) is 7.56. The van der Waals surface area contributed by atoms with E-state index in [4.69, 9.17) is 22.1 Å². The molecular formula is C33H31ClN4O4. The third kappa shape index (κ3) is 5.24. The van der Waals surface area contributed by atoms with Crippen LogP contribution in [0, 0.1) is 40.7 Å². The first-order chi connectivity index (χ1) is 19.9. The monoisotopic (exact) mass is 582 g/mol. The van der Waals surface area contributed by atoms with E-state index in [9.17, 15) is 20.2 Å². The first kappa shape index (κ1) is 28.9. The van der Waals surface area contributed by atoms with Gasteiger partial charge in [0.25, 0.3) is 5.69 Å². The summed E-state index contributed by atoms with van der Waals surface area (Å²) in [6.45, 7) is 8.18. The molecule has 3 aromatic rings. The highest BCUT2D eigenvalue weighted by atomic mass is 35.5. The molecule has 42 heavy (non-hydrogen) atoms. The number of aryl methyl sites for hydroxylation is 1. The second kappa shape index (κ2) is 11.0. The van der Waals surface area contributed by atoms with E-state index in [1.165, 1.54) is 12.1 Å². The van der Waals surface area contributed by atoms with Gasteiger partial charge in [0.15, 0.2) is 5.78 Å². The van der Waals surface area contributed by atoms with Crippen molar-refractivity contribution in [1.82, 2.24) is 0 Å². The first-order valence-electron chi connectivity index (χ1n) is 13.6. The molecule has 5 rings (SSSR count). The van der Waals surface area contributed by atoms with Gasteiger partial charge in [-0.3, -0.25) is 19.8 Å². The molecule has 214 valence electrons. The second-order valence-corrected chi connectivity index (χ2v) is 12.0. The Balaban J connectivity index is 1.69. The van der Waals surface area contributed by atoms with E-state index in [-0.39, 0.29) is 34.9 Å². The molecule has 0 bridgehead atoms. The lowest BCUT2D eigenvalue weighted by Crippen LogP contribution is -2.42. The summed E-state index contributed by atoms with van der Waals surface area (Å²) in [5.74, 6) is -0.0512. The van der Waals surface area contributed by atoms with E-state index >= 15 is 0 Å². The number of nitro benzene ring substituents is 1. The standard InChI is InChI=1S/C33H31ClN4O4/c1-19-12-21(18-42-29-11-6-5-10-26(29)34)20(2)24(13-19)30-25(17-35)32(36)37(22-8-7-9-23(14-22)38(40)41)27-15-33(3,4)16-28(39)31(27)30/h5-14,30H,15-16,18,36H2,1-4H3. The second-order valence-electron chi connectivity index (χ2n) is 11.6. The van der Waals surface area contributed by atoms with Gasteiger partial charge in [-0.2, -0.15) is 5.26 Å². The van der Waals surface area contributed by atoms with Gasteiger partial charge in [0.2, 0.25) is 0 Å². The number of halogens is 1. The number of carbonyl (C=O) groups is 1. The van der Waals surface area contributed by atoms with Gasteiger partial charge in [0.1, 0.15) is 18.2 Å². The molecule has 0 aromatic heterocycles. The van der Waals surface area contributed by atoms with Gasteiger partial charge >= 0.3 is 0 Å². The van der Waals surface area contributed by atoms with Crippen molar-refractivity contribution in [2.24, 2.45) is 11.1 Å². The average molecular weight is 583 g/mol. The third-order valence-electron chi connectivity index (χ3n) is 7.91. The Morgan fingerprint density at radius 3 is 2.57 bits per heavy atom. The van der Waals surface area contributed by atoms with Crippen LogP contribution in [0.1, 0.15) is 54.9 Å². The normalized spacial score (nSPS) is 18.0. The summed E-state index contributed by atoms with van der Waals surface area (Å²) >= 11 is 6.31. The van der Waals surface area contributed by atoms with Gasteiger partial charge in [0.05, 0.1) is 33.2 Å². The van der Waals surface area contributed by atoms with E-state index in [1.807, 2.05) is 52.0 Å². The number of nitriles is 1. The highest BCUT2D eigenvalue weighted by Crippen LogP contribution is 2.51. The highest BCUT2D eigenvalue weighted by Gasteiger charge is 2.45. The Bertz CT molecular complexity index is 1730. The van der Waals surface area contributed by atoms with Crippen LogP contribution in [0.5, 0.6) is 5.75 Å². The van der Waals surface area contributed by atoms with E-state index in [1.54, 1.807) is 29.2 Å².